The van der Waals surface area contributed by atoms with Crippen LogP contribution >= 0.6 is 11.6 Å². The van der Waals surface area contributed by atoms with Gasteiger partial charge in [0.2, 0.25) is 11.8 Å². The van der Waals surface area contributed by atoms with E-state index in [4.69, 9.17) is 11.6 Å². The maximum absolute atomic E-state index is 14.0. The van der Waals surface area contributed by atoms with Crippen molar-refractivity contribution in [2.24, 2.45) is 5.92 Å². The summed E-state index contributed by atoms with van der Waals surface area (Å²) in [6.45, 7) is 5.18. The number of rotatable bonds is 13. The quantitative estimate of drug-likeness (QED) is 0.243. The first-order chi connectivity index (χ1) is 20.3. The van der Waals surface area contributed by atoms with E-state index in [1.54, 1.807) is 13.0 Å². The largest absolute Gasteiger partial charge is 0.417 e. The van der Waals surface area contributed by atoms with Gasteiger partial charge in [0.25, 0.3) is 10.0 Å². The number of benzene rings is 3. The number of hydrogen-bond donors (Lipinski definition) is 1. The first kappa shape index (κ1) is 33.9. The minimum atomic E-state index is -4.87. The monoisotopic (exact) mass is 637 g/mol. The number of amides is 2. The van der Waals surface area contributed by atoms with Gasteiger partial charge >= 0.3 is 6.18 Å². The first-order valence-electron chi connectivity index (χ1n) is 13.8. The minimum absolute atomic E-state index is 0.0735. The summed E-state index contributed by atoms with van der Waals surface area (Å²) in [4.78, 5) is 28.3. The topological polar surface area (TPSA) is 86.8 Å². The molecule has 0 saturated carbocycles. The van der Waals surface area contributed by atoms with Gasteiger partial charge in [-0.2, -0.15) is 13.2 Å². The second-order valence-electron chi connectivity index (χ2n) is 10.4. The molecule has 0 spiro atoms. The van der Waals surface area contributed by atoms with Gasteiger partial charge in [0.15, 0.2) is 0 Å². The maximum atomic E-state index is 14.0. The van der Waals surface area contributed by atoms with Crippen LogP contribution in [0.25, 0.3) is 0 Å². The van der Waals surface area contributed by atoms with E-state index in [0.29, 0.717) is 23.3 Å². The Morgan fingerprint density at radius 2 is 1.56 bits per heavy atom. The fourth-order valence-electron chi connectivity index (χ4n) is 4.45. The fourth-order valence-corrected chi connectivity index (χ4v) is 6.10. The number of halogens is 4. The lowest BCUT2D eigenvalue weighted by atomic mass is 10.1. The van der Waals surface area contributed by atoms with Gasteiger partial charge in [-0.1, -0.05) is 80.9 Å². The highest BCUT2D eigenvalue weighted by molar-refractivity contribution is 7.92. The number of alkyl halides is 3. The van der Waals surface area contributed by atoms with E-state index in [9.17, 15) is 31.2 Å². The van der Waals surface area contributed by atoms with Crippen molar-refractivity contribution in [2.75, 3.05) is 23.9 Å². The van der Waals surface area contributed by atoms with E-state index in [0.717, 1.165) is 17.7 Å². The van der Waals surface area contributed by atoms with Gasteiger partial charge in [0.1, 0.15) is 12.6 Å². The summed E-state index contributed by atoms with van der Waals surface area (Å²) >= 11 is 5.81. The molecule has 2 amide bonds. The van der Waals surface area contributed by atoms with Crippen molar-refractivity contribution in [3.8, 4) is 0 Å². The van der Waals surface area contributed by atoms with Gasteiger partial charge in [-0.3, -0.25) is 13.9 Å². The molecule has 0 fully saturated rings. The summed E-state index contributed by atoms with van der Waals surface area (Å²) in [5.74, 6) is -0.999. The Labute approximate surface area is 255 Å². The van der Waals surface area contributed by atoms with Crippen LogP contribution in [0.4, 0.5) is 18.9 Å². The molecule has 0 radical (unpaired) electrons. The van der Waals surface area contributed by atoms with Crippen molar-refractivity contribution in [1.29, 1.82) is 0 Å². The Bertz CT molecular complexity index is 1490. The Kier molecular flexibility index (Phi) is 11.6. The zero-order valence-corrected chi connectivity index (χ0v) is 25.7. The molecule has 3 aromatic carbocycles. The van der Waals surface area contributed by atoms with Crippen LogP contribution in [0.2, 0.25) is 5.02 Å². The summed E-state index contributed by atoms with van der Waals surface area (Å²) in [7, 11) is -4.52. The van der Waals surface area contributed by atoms with Crippen LogP contribution < -0.4 is 9.62 Å². The summed E-state index contributed by atoms with van der Waals surface area (Å²) in [5, 5.41) is 2.22. The highest BCUT2D eigenvalue weighted by atomic mass is 35.5. The van der Waals surface area contributed by atoms with Gasteiger partial charge in [-0.05, 0) is 54.7 Å². The fraction of sp³-hybridized carbons (Fsp3) is 0.355. The number of nitrogens with one attached hydrogen (secondary N) is 1. The zero-order chi connectivity index (χ0) is 31.8. The molecule has 0 aromatic heterocycles. The number of sulfonamides is 1. The van der Waals surface area contributed by atoms with Crippen LogP contribution in [0.3, 0.4) is 0 Å². The van der Waals surface area contributed by atoms with Crippen LogP contribution in [0.1, 0.15) is 38.3 Å². The van der Waals surface area contributed by atoms with Gasteiger partial charge in [-0.25, -0.2) is 8.42 Å². The summed E-state index contributed by atoms with van der Waals surface area (Å²) in [6.07, 6.45) is -4.27. The Balaban J connectivity index is 2.07. The van der Waals surface area contributed by atoms with Crippen molar-refractivity contribution >= 4 is 39.1 Å². The van der Waals surface area contributed by atoms with E-state index in [1.165, 1.54) is 29.2 Å². The Morgan fingerprint density at radius 1 is 0.953 bits per heavy atom. The molecule has 3 aromatic rings. The first-order valence-corrected chi connectivity index (χ1v) is 15.6. The molecule has 7 nitrogen and oxygen atoms in total. The average Bonchev–Trinajstić information content (AvgIpc) is 2.97. The van der Waals surface area contributed by atoms with Crippen LogP contribution in [0.5, 0.6) is 0 Å². The average molecular weight is 638 g/mol. The maximum Gasteiger partial charge on any atom is 0.417 e. The third-order valence-corrected chi connectivity index (χ3v) is 8.83. The van der Waals surface area contributed by atoms with Crippen LogP contribution in [0, 0.1) is 5.92 Å². The molecule has 0 aliphatic heterocycles. The van der Waals surface area contributed by atoms with Crippen molar-refractivity contribution in [3.63, 3.8) is 0 Å². The van der Waals surface area contributed by atoms with Crippen molar-refractivity contribution < 1.29 is 31.2 Å². The van der Waals surface area contributed by atoms with Crippen molar-refractivity contribution in [1.82, 2.24) is 10.2 Å². The van der Waals surface area contributed by atoms with E-state index in [-0.39, 0.29) is 23.8 Å². The summed E-state index contributed by atoms with van der Waals surface area (Å²) in [6, 6.07) is 18.1. The van der Waals surface area contributed by atoms with Gasteiger partial charge in [-0.15, -0.1) is 0 Å². The second-order valence-corrected chi connectivity index (χ2v) is 12.6. The molecule has 0 aliphatic rings. The van der Waals surface area contributed by atoms with Crippen LogP contribution in [0.15, 0.2) is 83.8 Å². The molecule has 1 N–H and O–H groups in total. The standard InChI is InChI=1S/C31H35ClF3N3O4S/c1-4-28(30(40)36-20-22(2)3)37(18-17-23-11-7-5-8-12-23)29(39)21-38(43(41,42)25-13-9-6-10-14-25)24-15-16-27(32)26(19-24)31(33,34)35/h5-16,19,22,28H,4,17-18,20-21H2,1-3H3,(H,36,40). The minimum Gasteiger partial charge on any atom is -0.354 e. The number of carbonyl (C=O) groups excluding carboxylic acids is 2. The highest BCUT2D eigenvalue weighted by Gasteiger charge is 2.37. The van der Waals surface area contributed by atoms with Gasteiger partial charge in [0, 0.05) is 13.1 Å². The number of hydrogen-bond acceptors (Lipinski definition) is 4. The molecule has 232 valence electrons. The van der Waals surface area contributed by atoms with E-state index in [2.05, 4.69) is 5.32 Å². The number of nitrogens with zero attached hydrogens (tertiary/aromatic N) is 2. The predicted molar refractivity (Wildman–Crippen MR) is 161 cm³/mol. The normalized spacial score (nSPS) is 12.6. The van der Waals surface area contributed by atoms with Gasteiger partial charge < -0.3 is 10.2 Å². The molecule has 0 aliphatic carbocycles. The molecule has 12 heteroatoms. The smallest absolute Gasteiger partial charge is 0.354 e. The lowest BCUT2D eigenvalue weighted by Crippen LogP contribution is -2.53. The summed E-state index contributed by atoms with van der Waals surface area (Å²) < 4.78 is 69.6. The molecule has 0 heterocycles. The van der Waals surface area contributed by atoms with E-state index >= 15 is 0 Å². The zero-order valence-electron chi connectivity index (χ0n) is 24.1. The Morgan fingerprint density at radius 3 is 2.12 bits per heavy atom. The molecule has 0 bridgehead atoms. The SMILES string of the molecule is CCC(C(=O)NCC(C)C)N(CCc1ccccc1)C(=O)CN(c1ccc(Cl)c(C(F)(F)F)c1)S(=O)(=O)c1ccccc1. The second kappa shape index (κ2) is 14.7. The molecule has 43 heavy (non-hydrogen) atoms. The van der Waals surface area contributed by atoms with E-state index < -0.39 is 56.9 Å². The summed E-state index contributed by atoms with van der Waals surface area (Å²) in [5.41, 5.74) is -0.749. The van der Waals surface area contributed by atoms with Gasteiger partial charge in [0.05, 0.1) is 21.2 Å². The highest BCUT2D eigenvalue weighted by Crippen LogP contribution is 2.38. The predicted octanol–water partition coefficient (Wildman–Crippen LogP) is 6.18. The van der Waals surface area contributed by atoms with Crippen molar-refractivity contribution in [3.05, 3.63) is 95.0 Å². The van der Waals surface area contributed by atoms with Crippen molar-refractivity contribution in [2.45, 2.75) is 50.7 Å². The lowest BCUT2D eigenvalue weighted by molar-refractivity contribution is -0.139. The molecular weight excluding hydrogens is 603 g/mol. The van der Waals surface area contributed by atoms with Crippen LogP contribution in [-0.4, -0.2) is 50.8 Å². The third-order valence-electron chi connectivity index (χ3n) is 6.71. The molecule has 1 unspecified atom stereocenters. The molecule has 0 saturated heterocycles. The Hall–Kier alpha value is -3.57. The number of carbonyl (C=O) groups is 2. The number of anilines is 1. The third kappa shape index (κ3) is 8.96. The van der Waals surface area contributed by atoms with Crippen LogP contribution in [-0.2, 0) is 32.2 Å². The van der Waals surface area contributed by atoms with E-state index in [1.807, 2.05) is 44.2 Å². The molecule has 1 atom stereocenters. The molecule has 3 rings (SSSR count). The lowest BCUT2D eigenvalue weighted by Gasteiger charge is -2.33. The molecular formula is C31H35ClF3N3O4S.